The van der Waals surface area contributed by atoms with Gasteiger partial charge < -0.3 is 5.32 Å². The number of hydrogen-bond donors (Lipinski definition) is 1. The molecule has 1 aromatic carbocycles. The predicted molar refractivity (Wildman–Crippen MR) is 124 cm³/mol. The highest BCUT2D eigenvalue weighted by Crippen LogP contribution is 2.30. The molecule has 31 heavy (non-hydrogen) atoms. The molecule has 0 aliphatic heterocycles. The largest absolute Gasteiger partial charge is 0.351 e. The van der Waals surface area contributed by atoms with Crippen LogP contribution in [0.3, 0.4) is 0 Å². The monoisotopic (exact) mass is 450 g/mol. The average Bonchev–Trinajstić information content (AvgIpc) is 3.46. The molecule has 1 amide bonds. The van der Waals surface area contributed by atoms with E-state index in [0.717, 1.165) is 40.1 Å². The molecule has 158 valence electrons. The molecule has 0 saturated carbocycles. The molecule has 0 aliphatic rings. The summed E-state index contributed by atoms with van der Waals surface area (Å²) in [5, 5.41) is 15.2. The Balaban J connectivity index is 1.53. The number of nitrogens with zero attached hydrogens (tertiary/aromatic N) is 5. The summed E-state index contributed by atoms with van der Waals surface area (Å²) >= 11 is 3.03. The van der Waals surface area contributed by atoms with Crippen molar-refractivity contribution in [1.82, 2.24) is 30.0 Å². The summed E-state index contributed by atoms with van der Waals surface area (Å²) in [4.78, 5) is 20.8. The van der Waals surface area contributed by atoms with Gasteiger partial charge in [-0.25, -0.2) is 4.98 Å². The van der Waals surface area contributed by atoms with Crippen LogP contribution >= 0.6 is 23.1 Å². The second-order valence-electron chi connectivity index (χ2n) is 6.74. The molecule has 0 aliphatic carbocycles. The van der Waals surface area contributed by atoms with Crippen LogP contribution in [0.1, 0.15) is 35.3 Å². The minimum absolute atomic E-state index is 0.117. The standard InChI is InChI=1S/C22H22N6OS2/c1-2-3-11-24-21(29)18-14-30-19(25-18)15-31-22-27-26-20(16-9-12-23-13-10-16)28(22)17-7-5-4-6-8-17/h4-10,12-14H,2-3,11,15H2,1H3,(H,24,29). The first-order valence-electron chi connectivity index (χ1n) is 10.0. The number of amides is 1. The van der Waals surface area contributed by atoms with Gasteiger partial charge >= 0.3 is 0 Å². The van der Waals surface area contributed by atoms with Gasteiger partial charge in [-0.2, -0.15) is 0 Å². The van der Waals surface area contributed by atoms with Gasteiger partial charge in [0, 0.05) is 35.6 Å². The molecule has 0 radical (unpaired) electrons. The van der Waals surface area contributed by atoms with Crippen LogP contribution in [-0.4, -0.2) is 37.2 Å². The van der Waals surface area contributed by atoms with Crippen molar-refractivity contribution in [2.45, 2.75) is 30.7 Å². The van der Waals surface area contributed by atoms with E-state index in [0.29, 0.717) is 18.0 Å². The van der Waals surface area contributed by atoms with Crippen molar-refractivity contribution in [1.29, 1.82) is 0 Å². The van der Waals surface area contributed by atoms with E-state index in [9.17, 15) is 4.79 Å². The van der Waals surface area contributed by atoms with Crippen LogP contribution in [0, 0.1) is 0 Å². The summed E-state index contributed by atoms with van der Waals surface area (Å²) in [5.74, 6) is 1.24. The summed E-state index contributed by atoms with van der Waals surface area (Å²) in [7, 11) is 0. The summed E-state index contributed by atoms with van der Waals surface area (Å²) in [5.41, 5.74) is 2.40. The number of para-hydroxylation sites is 1. The molecule has 0 fully saturated rings. The van der Waals surface area contributed by atoms with Crippen LogP contribution in [-0.2, 0) is 5.75 Å². The third-order valence-electron chi connectivity index (χ3n) is 4.51. The van der Waals surface area contributed by atoms with Gasteiger partial charge in [0.1, 0.15) is 10.7 Å². The molecule has 3 heterocycles. The average molecular weight is 451 g/mol. The van der Waals surface area contributed by atoms with E-state index >= 15 is 0 Å². The number of aromatic nitrogens is 5. The number of thioether (sulfide) groups is 1. The van der Waals surface area contributed by atoms with Crippen LogP contribution < -0.4 is 5.32 Å². The van der Waals surface area contributed by atoms with Crippen molar-refractivity contribution in [3.63, 3.8) is 0 Å². The SMILES string of the molecule is CCCCNC(=O)c1csc(CSc2nnc(-c3ccncc3)n2-c2ccccc2)n1. The van der Waals surface area contributed by atoms with E-state index in [4.69, 9.17) is 0 Å². The Kier molecular flexibility index (Phi) is 7.06. The van der Waals surface area contributed by atoms with Crippen LogP contribution in [0.25, 0.3) is 17.1 Å². The molecule has 0 atom stereocenters. The molecule has 0 bridgehead atoms. The Labute approximate surface area is 189 Å². The highest BCUT2D eigenvalue weighted by Gasteiger charge is 2.17. The first-order valence-corrected chi connectivity index (χ1v) is 11.9. The lowest BCUT2D eigenvalue weighted by atomic mass is 10.2. The molecule has 9 heteroatoms. The van der Waals surface area contributed by atoms with Gasteiger partial charge in [0.25, 0.3) is 5.91 Å². The van der Waals surface area contributed by atoms with Crippen molar-refractivity contribution < 1.29 is 4.79 Å². The number of carbonyl (C=O) groups excluding carboxylic acids is 1. The number of carbonyl (C=O) groups is 1. The molecule has 4 aromatic rings. The number of benzene rings is 1. The second-order valence-corrected chi connectivity index (χ2v) is 8.62. The lowest BCUT2D eigenvalue weighted by Gasteiger charge is -2.09. The third-order valence-corrected chi connectivity index (χ3v) is 6.48. The molecule has 0 spiro atoms. The molecular weight excluding hydrogens is 428 g/mol. The molecule has 7 nitrogen and oxygen atoms in total. The van der Waals surface area contributed by atoms with E-state index in [1.807, 2.05) is 52.4 Å². The topological polar surface area (TPSA) is 85.6 Å². The molecule has 1 N–H and O–H groups in total. The van der Waals surface area contributed by atoms with Gasteiger partial charge in [-0.05, 0) is 30.7 Å². The van der Waals surface area contributed by atoms with Gasteiger partial charge in [0.2, 0.25) is 0 Å². The Bertz CT molecular complexity index is 1130. The maximum Gasteiger partial charge on any atom is 0.270 e. The molecule has 3 aromatic heterocycles. The maximum absolute atomic E-state index is 12.2. The second kappa shape index (κ2) is 10.3. The highest BCUT2D eigenvalue weighted by molar-refractivity contribution is 7.98. The van der Waals surface area contributed by atoms with Crippen molar-refractivity contribution in [2.75, 3.05) is 6.54 Å². The van der Waals surface area contributed by atoms with Gasteiger partial charge in [0.05, 0.1) is 5.75 Å². The lowest BCUT2D eigenvalue weighted by Crippen LogP contribution is -2.24. The van der Waals surface area contributed by atoms with Gasteiger partial charge in [-0.3, -0.25) is 14.3 Å². The first kappa shape index (κ1) is 21.2. The molecular formula is C22H22N6OS2. The summed E-state index contributed by atoms with van der Waals surface area (Å²) in [6.45, 7) is 2.77. The smallest absolute Gasteiger partial charge is 0.270 e. The van der Waals surface area contributed by atoms with E-state index < -0.39 is 0 Å². The van der Waals surface area contributed by atoms with Crippen molar-refractivity contribution in [2.24, 2.45) is 0 Å². The zero-order valence-electron chi connectivity index (χ0n) is 17.1. The fourth-order valence-electron chi connectivity index (χ4n) is 2.94. The maximum atomic E-state index is 12.2. The van der Waals surface area contributed by atoms with Gasteiger partial charge in [-0.15, -0.1) is 21.5 Å². The van der Waals surface area contributed by atoms with Gasteiger partial charge in [-0.1, -0.05) is 43.3 Å². The zero-order chi connectivity index (χ0) is 21.5. The van der Waals surface area contributed by atoms with E-state index in [1.165, 1.54) is 11.3 Å². The van der Waals surface area contributed by atoms with E-state index in [2.05, 4.69) is 32.4 Å². The quantitative estimate of drug-likeness (QED) is 0.296. The number of nitrogens with one attached hydrogen (secondary N) is 1. The van der Waals surface area contributed by atoms with Crippen LogP contribution in [0.15, 0.2) is 65.4 Å². The lowest BCUT2D eigenvalue weighted by molar-refractivity contribution is 0.0948. The summed E-state index contributed by atoms with van der Waals surface area (Å²) < 4.78 is 2.03. The number of pyridine rings is 1. The Hall–Kier alpha value is -3.04. The Morgan fingerprint density at radius 1 is 1.13 bits per heavy atom. The summed E-state index contributed by atoms with van der Waals surface area (Å²) in [6, 6.07) is 13.9. The van der Waals surface area contributed by atoms with Crippen molar-refractivity contribution in [3.05, 3.63) is 70.9 Å². The predicted octanol–water partition coefficient (Wildman–Crippen LogP) is 4.61. The first-order chi connectivity index (χ1) is 15.3. The molecule has 0 unspecified atom stereocenters. The summed E-state index contributed by atoms with van der Waals surface area (Å²) in [6.07, 6.45) is 5.50. The number of rotatable bonds is 9. The van der Waals surface area contributed by atoms with Crippen LogP contribution in [0.5, 0.6) is 0 Å². The number of hydrogen-bond acceptors (Lipinski definition) is 7. The van der Waals surface area contributed by atoms with Gasteiger partial charge in [0.15, 0.2) is 11.0 Å². The van der Waals surface area contributed by atoms with E-state index in [1.54, 1.807) is 24.2 Å². The normalized spacial score (nSPS) is 10.9. The minimum Gasteiger partial charge on any atom is -0.351 e. The highest BCUT2D eigenvalue weighted by atomic mass is 32.2. The Morgan fingerprint density at radius 3 is 2.71 bits per heavy atom. The van der Waals surface area contributed by atoms with Crippen LogP contribution in [0.2, 0.25) is 0 Å². The Morgan fingerprint density at radius 2 is 1.94 bits per heavy atom. The minimum atomic E-state index is -0.117. The number of thiazole rings is 1. The van der Waals surface area contributed by atoms with Crippen molar-refractivity contribution in [3.8, 4) is 17.1 Å². The molecule has 0 saturated heterocycles. The molecule has 4 rings (SSSR count). The fraction of sp³-hybridized carbons (Fsp3) is 0.227. The van der Waals surface area contributed by atoms with Crippen LogP contribution in [0.4, 0.5) is 0 Å². The fourth-order valence-corrected chi connectivity index (χ4v) is 4.68. The van der Waals surface area contributed by atoms with E-state index in [-0.39, 0.29) is 5.91 Å². The number of unbranched alkanes of at least 4 members (excludes halogenated alkanes) is 1. The zero-order valence-corrected chi connectivity index (χ0v) is 18.7. The third kappa shape index (κ3) is 5.18. The van der Waals surface area contributed by atoms with Crippen molar-refractivity contribution >= 4 is 29.0 Å².